The van der Waals surface area contributed by atoms with Gasteiger partial charge in [0.1, 0.15) is 11.3 Å². The predicted molar refractivity (Wildman–Crippen MR) is 116 cm³/mol. The molecule has 2 aromatic heterocycles. The second-order valence-corrected chi connectivity index (χ2v) is 7.64. The molecule has 152 valence electrons. The smallest absolute Gasteiger partial charge is 0.338 e. The highest BCUT2D eigenvalue weighted by Gasteiger charge is 2.23. The third-order valence-corrected chi connectivity index (χ3v) is 5.72. The lowest BCUT2D eigenvalue weighted by atomic mass is 10.1. The van der Waals surface area contributed by atoms with Gasteiger partial charge in [-0.05, 0) is 25.1 Å². The number of pyridine rings is 1. The van der Waals surface area contributed by atoms with Crippen molar-refractivity contribution in [1.82, 2.24) is 14.5 Å². The number of hydrogen-bond donors (Lipinski definition) is 1. The Morgan fingerprint density at radius 1 is 1.20 bits per heavy atom. The summed E-state index contributed by atoms with van der Waals surface area (Å²) in [5.41, 5.74) is 3.70. The Bertz CT molecular complexity index is 1290. The highest BCUT2D eigenvalue weighted by Crippen LogP contribution is 2.35. The molecule has 0 bridgehead atoms. The molecule has 4 aromatic rings. The summed E-state index contributed by atoms with van der Waals surface area (Å²) >= 11 is 6.60. The van der Waals surface area contributed by atoms with Crippen molar-refractivity contribution in [2.24, 2.45) is 0 Å². The van der Waals surface area contributed by atoms with E-state index in [0.717, 1.165) is 22.3 Å². The van der Waals surface area contributed by atoms with E-state index in [2.05, 4.69) is 14.9 Å². The molecule has 1 fully saturated rings. The van der Waals surface area contributed by atoms with E-state index in [1.807, 2.05) is 41.8 Å². The van der Waals surface area contributed by atoms with Crippen LogP contribution in [0.2, 0.25) is 5.02 Å². The number of imidazole rings is 1. The van der Waals surface area contributed by atoms with Crippen molar-refractivity contribution < 1.29 is 14.6 Å². The quantitative estimate of drug-likeness (QED) is 0.536. The van der Waals surface area contributed by atoms with E-state index in [1.54, 1.807) is 12.3 Å². The number of carbonyl (C=O) groups is 1. The van der Waals surface area contributed by atoms with Crippen LogP contribution in [0, 0.1) is 6.92 Å². The third-order valence-electron chi connectivity index (χ3n) is 5.45. The summed E-state index contributed by atoms with van der Waals surface area (Å²) in [5.74, 6) is -0.352. The van der Waals surface area contributed by atoms with Gasteiger partial charge in [0, 0.05) is 30.4 Å². The van der Waals surface area contributed by atoms with E-state index >= 15 is 0 Å². The Labute approximate surface area is 177 Å². The maximum Gasteiger partial charge on any atom is 0.338 e. The maximum absolute atomic E-state index is 12.1. The van der Waals surface area contributed by atoms with Crippen molar-refractivity contribution in [3.05, 3.63) is 59.0 Å². The number of carboxylic acids is 1. The summed E-state index contributed by atoms with van der Waals surface area (Å²) in [7, 11) is 0. The number of nitrogens with zero attached hydrogens (tertiary/aromatic N) is 4. The molecular formula is C22H19ClN4O3. The van der Waals surface area contributed by atoms with E-state index in [1.165, 1.54) is 0 Å². The number of aromatic nitrogens is 3. The Hall–Kier alpha value is -3.16. The minimum Gasteiger partial charge on any atom is -0.478 e. The van der Waals surface area contributed by atoms with Crippen LogP contribution >= 0.6 is 11.6 Å². The van der Waals surface area contributed by atoms with Crippen LogP contribution in [0.25, 0.3) is 27.6 Å². The second kappa shape index (κ2) is 7.27. The molecule has 0 atom stereocenters. The lowest BCUT2D eigenvalue weighted by molar-refractivity contribution is 0.0699. The van der Waals surface area contributed by atoms with Crippen LogP contribution < -0.4 is 4.90 Å². The van der Waals surface area contributed by atoms with Gasteiger partial charge in [0.2, 0.25) is 0 Å². The number of fused-ring (bicyclic) bond motifs is 2. The molecule has 0 aliphatic carbocycles. The first-order valence-corrected chi connectivity index (χ1v) is 10.0. The summed E-state index contributed by atoms with van der Waals surface area (Å²) < 4.78 is 7.38. The van der Waals surface area contributed by atoms with Gasteiger partial charge in [-0.25, -0.2) is 9.78 Å². The summed E-state index contributed by atoms with van der Waals surface area (Å²) in [6, 6.07) is 11.4. The molecule has 0 radical (unpaired) electrons. The zero-order valence-corrected chi connectivity index (χ0v) is 17.1. The van der Waals surface area contributed by atoms with Gasteiger partial charge in [0.15, 0.2) is 0 Å². The maximum atomic E-state index is 12.1. The van der Waals surface area contributed by atoms with E-state index < -0.39 is 5.97 Å². The fourth-order valence-corrected chi connectivity index (χ4v) is 4.29. The highest BCUT2D eigenvalue weighted by molar-refractivity contribution is 6.33. The van der Waals surface area contributed by atoms with E-state index in [4.69, 9.17) is 16.3 Å². The van der Waals surface area contributed by atoms with E-state index in [0.29, 0.717) is 48.2 Å². The van der Waals surface area contributed by atoms with Gasteiger partial charge in [-0.3, -0.25) is 9.55 Å². The SMILES string of the molecule is Cc1nc2c(C(=O)O)cc(N3CCOCC3)cc2n1-c1c(Cl)cnc2ccccc12. The molecule has 0 amide bonds. The molecule has 3 heterocycles. The van der Waals surface area contributed by atoms with Crippen molar-refractivity contribution >= 4 is 45.2 Å². The molecular weight excluding hydrogens is 404 g/mol. The molecule has 8 heteroatoms. The molecule has 1 N–H and O–H groups in total. The Balaban J connectivity index is 1.84. The molecule has 1 aliphatic rings. The molecule has 0 unspecified atom stereocenters. The zero-order valence-electron chi connectivity index (χ0n) is 16.3. The van der Waals surface area contributed by atoms with Gasteiger partial charge in [0.05, 0.1) is 40.5 Å². The fourth-order valence-electron chi connectivity index (χ4n) is 4.06. The lowest BCUT2D eigenvalue weighted by Crippen LogP contribution is -2.36. The Morgan fingerprint density at radius 2 is 1.97 bits per heavy atom. The highest BCUT2D eigenvalue weighted by atomic mass is 35.5. The Kier molecular flexibility index (Phi) is 4.56. The van der Waals surface area contributed by atoms with E-state index in [9.17, 15) is 9.90 Å². The average Bonchev–Trinajstić information content (AvgIpc) is 3.09. The van der Waals surface area contributed by atoms with Gasteiger partial charge in [-0.2, -0.15) is 0 Å². The number of benzene rings is 2. The number of morpholine rings is 1. The summed E-state index contributed by atoms with van der Waals surface area (Å²) in [6.45, 7) is 4.48. The second-order valence-electron chi connectivity index (χ2n) is 7.23. The van der Waals surface area contributed by atoms with E-state index in [-0.39, 0.29) is 5.56 Å². The normalized spacial score (nSPS) is 14.5. The molecule has 0 spiro atoms. The molecule has 1 saturated heterocycles. The molecule has 0 saturated carbocycles. The average molecular weight is 423 g/mol. The van der Waals surface area contributed by atoms with Crippen molar-refractivity contribution in [2.75, 3.05) is 31.2 Å². The number of hydrogen-bond acceptors (Lipinski definition) is 5. The number of aromatic carboxylic acids is 1. The van der Waals surface area contributed by atoms with Crippen molar-refractivity contribution in [1.29, 1.82) is 0 Å². The summed E-state index contributed by atoms with van der Waals surface area (Å²) in [4.78, 5) is 23.2. The lowest BCUT2D eigenvalue weighted by Gasteiger charge is -2.29. The van der Waals surface area contributed by atoms with Gasteiger partial charge >= 0.3 is 5.97 Å². The van der Waals surface area contributed by atoms with Crippen molar-refractivity contribution in [3.63, 3.8) is 0 Å². The Morgan fingerprint density at radius 3 is 2.73 bits per heavy atom. The first-order valence-electron chi connectivity index (χ1n) is 9.67. The monoisotopic (exact) mass is 422 g/mol. The summed E-state index contributed by atoms with van der Waals surface area (Å²) in [5, 5.41) is 11.2. The number of para-hydroxylation sites is 1. The van der Waals surface area contributed by atoms with Crippen LogP contribution in [0.5, 0.6) is 0 Å². The first kappa shape index (κ1) is 18.8. The number of anilines is 1. The predicted octanol–water partition coefficient (Wildman–Crippen LogP) is 4.07. The van der Waals surface area contributed by atoms with Gasteiger partial charge in [-0.15, -0.1) is 0 Å². The van der Waals surface area contributed by atoms with Crippen LogP contribution in [-0.4, -0.2) is 51.9 Å². The van der Waals surface area contributed by atoms with Gasteiger partial charge in [0.25, 0.3) is 0 Å². The zero-order chi connectivity index (χ0) is 20.8. The minimum absolute atomic E-state index is 0.172. The largest absolute Gasteiger partial charge is 0.478 e. The minimum atomic E-state index is -1.01. The topological polar surface area (TPSA) is 80.5 Å². The van der Waals surface area contributed by atoms with Gasteiger partial charge < -0.3 is 14.7 Å². The number of rotatable bonds is 3. The van der Waals surface area contributed by atoms with Crippen LogP contribution in [0.15, 0.2) is 42.6 Å². The van der Waals surface area contributed by atoms with Crippen molar-refractivity contribution in [2.45, 2.75) is 6.92 Å². The standard InChI is InChI=1S/C22H19ClN4O3/c1-13-25-20-16(22(28)29)10-14(26-6-8-30-9-7-26)11-19(20)27(13)21-15-4-2-3-5-18(15)24-12-17(21)23/h2-5,10-12H,6-9H2,1H3,(H,28,29). The van der Waals surface area contributed by atoms with Crippen molar-refractivity contribution in [3.8, 4) is 5.69 Å². The first-order chi connectivity index (χ1) is 14.5. The number of carboxylic acid groups (broad SMARTS) is 1. The van der Waals surface area contributed by atoms with Gasteiger partial charge in [-0.1, -0.05) is 29.8 Å². The fraction of sp³-hybridized carbons (Fsp3) is 0.227. The van der Waals surface area contributed by atoms with Crippen LogP contribution in [0.3, 0.4) is 0 Å². The molecule has 2 aromatic carbocycles. The molecule has 7 nitrogen and oxygen atoms in total. The van der Waals surface area contributed by atoms with Crippen LogP contribution in [-0.2, 0) is 4.74 Å². The summed E-state index contributed by atoms with van der Waals surface area (Å²) in [6.07, 6.45) is 1.62. The molecule has 1 aliphatic heterocycles. The van der Waals surface area contributed by atoms with Crippen LogP contribution in [0.1, 0.15) is 16.2 Å². The number of halogens is 1. The molecule has 30 heavy (non-hydrogen) atoms. The molecule has 5 rings (SSSR count). The van der Waals surface area contributed by atoms with Crippen LogP contribution in [0.4, 0.5) is 5.69 Å². The third kappa shape index (κ3) is 2.98. The number of ether oxygens (including phenoxy) is 1. The number of aryl methyl sites for hydroxylation is 1.